The SMILES string of the molecule is CCCS(=O)(=O)Nc1cccc(-c2ccnc3c(C(=O)c4ccncc4)cnn23)c1. The molecule has 8 nitrogen and oxygen atoms in total. The Balaban J connectivity index is 1.74. The van der Waals surface area contributed by atoms with E-state index in [-0.39, 0.29) is 11.5 Å². The lowest BCUT2D eigenvalue weighted by atomic mass is 10.1. The van der Waals surface area contributed by atoms with Crippen LogP contribution in [0.1, 0.15) is 29.3 Å². The highest BCUT2D eigenvalue weighted by atomic mass is 32.2. The van der Waals surface area contributed by atoms with Crippen molar-refractivity contribution in [1.29, 1.82) is 0 Å². The van der Waals surface area contributed by atoms with Gasteiger partial charge in [0.1, 0.15) is 0 Å². The molecule has 0 radical (unpaired) electrons. The molecule has 30 heavy (non-hydrogen) atoms. The Labute approximate surface area is 173 Å². The summed E-state index contributed by atoms with van der Waals surface area (Å²) in [4.78, 5) is 21.1. The zero-order valence-corrected chi connectivity index (χ0v) is 17.0. The van der Waals surface area contributed by atoms with Gasteiger partial charge in [-0.05, 0) is 36.8 Å². The van der Waals surface area contributed by atoms with E-state index < -0.39 is 10.0 Å². The third-order valence-electron chi connectivity index (χ3n) is 4.49. The zero-order valence-electron chi connectivity index (χ0n) is 16.2. The maximum atomic E-state index is 12.8. The first-order chi connectivity index (χ1) is 14.5. The maximum absolute atomic E-state index is 12.8. The number of carbonyl (C=O) groups is 1. The largest absolute Gasteiger partial charge is 0.288 e. The lowest BCUT2D eigenvalue weighted by Crippen LogP contribution is -2.16. The van der Waals surface area contributed by atoms with Gasteiger partial charge < -0.3 is 0 Å². The van der Waals surface area contributed by atoms with Gasteiger partial charge in [-0.1, -0.05) is 19.1 Å². The number of benzene rings is 1. The van der Waals surface area contributed by atoms with Gasteiger partial charge in [0.2, 0.25) is 10.0 Å². The van der Waals surface area contributed by atoms with E-state index in [1.807, 2.05) is 13.0 Å². The van der Waals surface area contributed by atoms with Gasteiger partial charge in [-0.15, -0.1) is 0 Å². The predicted octanol–water partition coefficient (Wildman–Crippen LogP) is 3.17. The molecule has 0 aliphatic carbocycles. The summed E-state index contributed by atoms with van der Waals surface area (Å²) >= 11 is 0. The summed E-state index contributed by atoms with van der Waals surface area (Å²) in [5.41, 5.74) is 3.19. The van der Waals surface area contributed by atoms with Crippen molar-refractivity contribution in [3.63, 3.8) is 0 Å². The van der Waals surface area contributed by atoms with Crippen LogP contribution in [0.4, 0.5) is 5.69 Å². The van der Waals surface area contributed by atoms with Crippen LogP contribution in [0.2, 0.25) is 0 Å². The predicted molar refractivity (Wildman–Crippen MR) is 114 cm³/mol. The second kappa shape index (κ2) is 8.03. The first-order valence-electron chi connectivity index (χ1n) is 9.37. The first kappa shape index (κ1) is 19.7. The Morgan fingerprint density at radius 3 is 2.67 bits per heavy atom. The fourth-order valence-electron chi connectivity index (χ4n) is 3.17. The standard InChI is InChI=1S/C21H19N5O3S/c1-2-12-30(28,29)25-17-5-3-4-16(13-17)19-8-11-23-21-18(14-24-26(19)21)20(27)15-6-9-22-10-7-15/h3-11,13-14,25H,2,12H2,1H3. The molecule has 0 bridgehead atoms. The van der Waals surface area contributed by atoms with Crippen LogP contribution in [0.3, 0.4) is 0 Å². The highest BCUT2D eigenvalue weighted by Gasteiger charge is 2.18. The average molecular weight is 421 g/mol. The normalized spacial score (nSPS) is 11.5. The van der Waals surface area contributed by atoms with Crippen LogP contribution in [0, 0.1) is 0 Å². The Morgan fingerprint density at radius 1 is 1.10 bits per heavy atom. The number of anilines is 1. The Morgan fingerprint density at radius 2 is 1.90 bits per heavy atom. The number of ketones is 1. The van der Waals surface area contributed by atoms with E-state index in [9.17, 15) is 13.2 Å². The van der Waals surface area contributed by atoms with Crippen LogP contribution in [-0.4, -0.2) is 39.5 Å². The smallest absolute Gasteiger partial charge is 0.232 e. The number of fused-ring (bicyclic) bond motifs is 1. The molecule has 4 rings (SSSR count). The number of sulfonamides is 1. The fourth-order valence-corrected chi connectivity index (χ4v) is 4.30. The summed E-state index contributed by atoms with van der Waals surface area (Å²) in [6.07, 6.45) is 6.74. The molecular formula is C21H19N5O3S. The van der Waals surface area contributed by atoms with Gasteiger partial charge in [0.15, 0.2) is 11.4 Å². The molecule has 0 aliphatic heterocycles. The molecule has 3 aromatic heterocycles. The van der Waals surface area contributed by atoms with Crippen molar-refractivity contribution in [2.45, 2.75) is 13.3 Å². The molecule has 1 aromatic carbocycles. The van der Waals surface area contributed by atoms with Crippen molar-refractivity contribution in [1.82, 2.24) is 19.6 Å². The number of pyridine rings is 1. The van der Waals surface area contributed by atoms with E-state index in [1.165, 1.54) is 6.20 Å². The van der Waals surface area contributed by atoms with Crippen molar-refractivity contribution in [2.24, 2.45) is 0 Å². The Hall–Kier alpha value is -3.59. The van der Waals surface area contributed by atoms with Crippen LogP contribution in [0.5, 0.6) is 0 Å². The number of hydrogen-bond donors (Lipinski definition) is 1. The van der Waals surface area contributed by atoms with Crippen LogP contribution in [-0.2, 0) is 10.0 Å². The van der Waals surface area contributed by atoms with Crippen molar-refractivity contribution in [2.75, 3.05) is 10.5 Å². The number of rotatable bonds is 7. The third kappa shape index (κ3) is 3.92. The third-order valence-corrected chi connectivity index (χ3v) is 5.99. The summed E-state index contributed by atoms with van der Waals surface area (Å²) in [6.45, 7) is 1.81. The molecule has 0 amide bonds. The lowest BCUT2D eigenvalue weighted by Gasteiger charge is -2.10. The minimum atomic E-state index is -3.40. The number of nitrogens with one attached hydrogen (secondary N) is 1. The second-order valence-electron chi connectivity index (χ2n) is 6.69. The van der Waals surface area contributed by atoms with E-state index in [1.54, 1.807) is 59.5 Å². The highest BCUT2D eigenvalue weighted by Crippen LogP contribution is 2.25. The van der Waals surface area contributed by atoms with Crippen molar-refractivity contribution in [3.05, 3.63) is 78.4 Å². The van der Waals surface area contributed by atoms with E-state index in [2.05, 4.69) is 19.8 Å². The number of carbonyl (C=O) groups excluding carboxylic acids is 1. The molecule has 1 N–H and O–H groups in total. The summed E-state index contributed by atoms with van der Waals surface area (Å²) in [5, 5.41) is 4.35. The van der Waals surface area contributed by atoms with Crippen LogP contribution in [0.15, 0.2) is 67.3 Å². The minimum Gasteiger partial charge on any atom is -0.288 e. The van der Waals surface area contributed by atoms with Gasteiger partial charge in [0.05, 0.1) is 23.2 Å². The van der Waals surface area contributed by atoms with E-state index in [4.69, 9.17) is 0 Å². The number of nitrogens with zero attached hydrogens (tertiary/aromatic N) is 4. The van der Waals surface area contributed by atoms with Gasteiger partial charge >= 0.3 is 0 Å². The molecule has 4 aromatic rings. The topological polar surface area (TPSA) is 106 Å². The first-order valence-corrected chi connectivity index (χ1v) is 11.0. The summed E-state index contributed by atoms with van der Waals surface area (Å²) in [7, 11) is -3.40. The van der Waals surface area contributed by atoms with Gasteiger partial charge in [0, 0.05) is 35.4 Å². The van der Waals surface area contributed by atoms with Crippen LogP contribution < -0.4 is 4.72 Å². The second-order valence-corrected chi connectivity index (χ2v) is 8.53. The Bertz CT molecular complexity index is 1320. The van der Waals surface area contributed by atoms with E-state index in [0.29, 0.717) is 34.6 Å². The van der Waals surface area contributed by atoms with Crippen LogP contribution in [0.25, 0.3) is 16.9 Å². The highest BCUT2D eigenvalue weighted by molar-refractivity contribution is 7.92. The van der Waals surface area contributed by atoms with Crippen molar-refractivity contribution < 1.29 is 13.2 Å². The number of hydrogen-bond acceptors (Lipinski definition) is 6. The quantitative estimate of drug-likeness (QED) is 0.460. The van der Waals surface area contributed by atoms with Crippen molar-refractivity contribution in [3.8, 4) is 11.3 Å². The summed E-state index contributed by atoms with van der Waals surface area (Å²) in [6, 6.07) is 12.1. The van der Waals surface area contributed by atoms with Gasteiger partial charge in [-0.25, -0.2) is 17.9 Å². The van der Waals surface area contributed by atoms with E-state index in [0.717, 1.165) is 5.56 Å². The molecule has 0 unspecified atom stereocenters. The van der Waals surface area contributed by atoms with Gasteiger partial charge in [-0.3, -0.25) is 14.5 Å². The van der Waals surface area contributed by atoms with Gasteiger partial charge in [0.25, 0.3) is 0 Å². The molecular weight excluding hydrogens is 402 g/mol. The monoisotopic (exact) mass is 421 g/mol. The molecule has 0 aliphatic rings. The van der Waals surface area contributed by atoms with Crippen molar-refractivity contribution >= 4 is 27.1 Å². The molecule has 0 fully saturated rings. The minimum absolute atomic E-state index is 0.0519. The fraction of sp³-hybridized carbons (Fsp3) is 0.143. The van der Waals surface area contributed by atoms with Gasteiger partial charge in [-0.2, -0.15) is 5.10 Å². The summed E-state index contributed by atoms with van der Waals surface area (Å²) in [5.74, 6) is -0.144. The molecule has 152 valence electrons. The average Bonchev–Trinajstić information content (AvgIpc) is 3.18. The van der Waals surface area contributed by atoms with Crippen LogP contribution >= 0.6 is 0 Å². The molecule has 9 heteroatoms. The molecule has 0 atom stereocenters. The maximum Gasteiger partial charge on any atom is 0.232 e. The molecule has 0 saturated carbocycles. The lowest BCUT2D eigenvalue weighted by molar-refractivity contribution is 0.104. The molecule has 0 saturated heterocycles. The molecule has 0 spiro atoms. The zero-order chi connectivity index (χ0) is 21.1. The Kier molecular flexibility index (Phi) is 5.28. The van der Waals surface area contributed by atoms with E-state index >= 15 is 0 Å². The number of aromatic nitrogens is 4. The summed E-state index contributed by atoms with van der Waals surface area (Å²) < 4.78 is 28.4. The molecule has 3 heterocycles.